The first-order valence-electron chi connectivity index (χ1n) is 5.98. The molecule has 0 unspecified atom stereocenters. The Bertz CT molecular complexity index is 712. The molecule has 0 saturated heterocycles. The molecule has 1 aromatic carbocycles. The van der Waals surface area contributed by atoms with Crippen LogP contribution in [0.4, 0.5) is 0 Å². The average molecular weight is 274 g/mol. The van der Waals surface area contributed by atoms with E-state index in [0.717, 1.165) is 5.39 Å². The molecular formula is C15H14O5. The number of allylic oxidation sites excluding steroid dienone is 1. The van der Waals surface area contributed by atoms with Crippen LogP contribution in [0.5, 0.6) is 5.75 Å². The van der Waals surface area contributed by atoms with Gasteiger partial charge in [-0.05, 0) is 31.2 Å². The lowest BCUT2D eigenvalue weighted by atomic mass is 10.1. The molecule has 0 aliphatic heterocycles. The molecule has 104 valence electrons. The second-order valence-corrected chi connectivity index (χ2v) is 4.18. The molecule has 0 aliphatic carbocycles. The van der Waals surface area contributed by atoms with Crippen molar-refractivity contribution in [3.8, 4) is 5.75 Å². The Labute approximate surface area is 115 Å². The number of hydrogen-bond acceptors (Lipinski definition) is 5. The molecule has 0 N–H and O–H groups in total. The summed E-state index contributed by atoms with van der Waals surface area (Å²) in [5, 5.41) is 0.748. The first kappa shape index (κ1) is 14.0. The summed E-state index contributed by atoms with van der Waals surface area (Å²) in [5.41, 5.74) is 0.699. The van der Waals surface area contributed by atoms with Crippen molar-refractivity contribution < 1.29 is 18.7 Å². The SMILES string of the molecule is COCOc1cc2oc(=O)ccc2cc1/C=C\C(C)=O. The van der Waals surface area contributed by atoms with Crippen molar-refractivity contribution in [1.82, 2.24) is 0 Å². The standard InChI is InChI=1S/C15H14O5/c1-10(16)3-4-11-7-12-5-6-15(17)20-14(12)8-13(11)19-9-18-2/h3-8H,9H2,1-2H3/b4-3-. The number of hydrogen-bond donors (Lipinski definition) is 0. The number of ether oxygens (including phenoxy) is 2. The van der Waals surface area contributed by atoms with Gasteiger partial charge in [0.05, 0.1) is 0 Å². The minimum atomic E-state index is -0.429. The molecule has 0 radical (unpaired) electrons. The predicted molar refractivity (Wildman–Crippen MR) is 74.7 cm³/mol. The Hall–Kier alpha value is -2.40. The lowest BCUT2D eigenvalue weighted by Gasteiger charge is -2.09. The molecule has 0 spiro atoms. The van der Waals surface area contributed by atoms with Crippen LogP contribution in [0.25, 0.3) is 17.0 Å². The van der Waals surface area contributed by atoms with Crippen LogP contribution in [-0.2, 0) is 9.53 Å². The quantitative estimate of drug-likeness (QED) is 0.476. The molecular weight excluding hydrogens is 260 g/mol. The Morgan fingerprint density at radius 2 is 2.15 bits per heavy atom. The van der Waals surface area contributed by atoms with E-state index in [1.54, 1.807) is 24.3 Å². The Balaban J connectivity index is 2.53. The summed E-state index contributed by atoms with van der Waals surface area (Å²) in [5.74, 6) is 0.411. The van der Waals surface area contributed by atoms with Gasteiger partial charge in [0.15, 0.2) is 12.6 Å². The van der Waals surface area contributed by atoms with Crippen LogP contribution in [0.3, 0.4) is 0 Å². The van der Waals surface area contributed by atoms with Gasteiger partial charge in [0.25, 0.3) is 0 Å². The molecule has 2 rings (SSSR count). The minimum Gasteiger partial charge on any atom is -0.467 e. The molecule has 0 atom stereocenters. The molecule has 5 nitrogen and oxygen atoms in total. The van der Waals surface area contributed by atoms with Gasteiger partial charge in [-0.2, -0.15) is 0 Å². The molecule has 5 heteroatoms. The van der Waals surface area contributed by atoms with E-state index < -0.39 is 5.63 Å². The lowest BCUT2D eigenvalue weighted by Crippen LogP contribution is -2.01. The smallest absolute Gasteiger partial charge is 0.336 e. The van der Waals surface area contributed by atoms with Crippen molar-refractivity contribution in [3.63, 3.8) is 0 Å². The van der Waals surface area contributed by atoms with Crippen molar-refractivity contribution in [2.24, 2.45) is 0 Å². The van der Waals surface area contributed by atoms with E-state index in [4.69, 9.17) is 13.9 Å². The number of carbonyl (C=O) groups is 1. The third-order valence-corrected chi connectivity index (χ3v) is 2.58. The summed E-state index contributed by atoms with van der Waals surface area (Å²) in [6, 6.07) is 6.39. The van der Waals surface area contributed by atoms with Crippen LogP contribution in [-0.4, -0.2) is 19.7 Å². The van der Waals surface area contributed by atoms with Gasteiger partial charge in [-0.3, -0.25) is 4.79 Å². The fraction of sp³-hybridized carbons (Fsp3) is 0.200. The van der Waals surface area contributed by atoms with Crippen molar-refractivity contribution in [3.05, 3.63) is 46.3 Å². The molecule has 0 amide bonds. The molecule has 1 aromatic heterocycles. The summed E-state index contributed by atoms with van der Waals surface area (Å²) in [6.07, 6.45) is 3.10. The predicted octanol–water partition coefficient (Wildman–Crippen LogP) is 2.38. The lowest BCUT2D eigenvalue weighted by molar-refractivity contribution is -0.112. The zero-order chi connectivity index (χ0) is 14.5. The van der Waals surface area contributed by atoms with Gasteiger partial charge in [-0.25, -0.2) is 4.79 Å². The van der Waals surface area contributed by atoms with Gasteiger partial charge in [0, 0.05) is 30.2 Å². The zero-order valence-electron chi connectivity index (χ0n) is 11.2. The van der Waals surface area contributed by atoms with Crippen molar-refractivity contribution in [1.29, 1.82) is 0 Å². The highest BCUT2D eigenvalue weighted by molar-refractivity contribution is 5.93. The molecule has 1 heterocycles. The summed E-state index contributed by atoms with van der Waals surface area (Å²) in [4.78, 5) is 22.3. The van der Waals surface area contributed by atoms with Crippen molar-refractivity contribution in [2.75, 3.05) is 13.9 Å². The largest absolute Gasteiger partial charge is 0.467 e. The number of carbonyl (C=O) groups excluding carboxylic acids is 1. The van der Waals surface area contributed by atoms with E-state index in [1.807, 2.05) is 0 Å². The van der Waals surface area contributed by atoms with Gasteiger partial charge in [-0.15, -0.1) is 0 Å². The van der Waals surface area contributed by atoms with E-state index in [1.165, 1.54) is 26.2 Å². The van der Waals surface area contributed by atoms with Crippen LogP contribution in [0.1, 0.15) is 12.5 Å². The van der Waals surface area contributed by atoms with Crippen LogP contribution >= 0.6 is 0 Å². The number of fused-ring (bicyclic) bond motifs is 1. The van der Waals surface area contributed by atoms with Gasteiger partial charge < -0.3 is 13.9 Å². The Kier molecular flexibility index (Phi) is 4.32. The molecule has 0 bridgehead atoms. The van der Waals surface area contributed by atoms with Gasteiger partial charge in [-0.1, -0.05) is 0 Å². The van der Waals surface area contributed by atoms with Crippen LogP contribution in [0.15, 0.2) is 39.6 Å². The zero-order valence-corrected chi connectivity index (χ0v) is 11.2. The highest BCUT2D eigenvalue weighted by atomic mass is 16.7. The second kappa shape index (κ2) is 6.16. The minimum absolute atomic E-state index is 0.0590. The maximum absolute atomic E-state index is 11.2. The van der Waals surface area contributed by atoms with E-state index in [-0.39, 0.29) is 12.6 Å². The number of rotatable bonds is 5. The van der Waals surface area contributed by atoms with Crippen molar-refractivity contribution >= 4 is 22.8 Å². The Morgan fingerprint density at radius 3 is 2.85 bits per heavy atom. The Morgan fingerprint density at radius 1 is 1.35 bits per heavy atom. The van der Waals surface area contributed by atoms with Gasteiger partial charge in [0.2, 0.25) is 0 Å². The molecule has 0 fully saturated rings. The van der Waals surface area contributed by atoms with E-state index in [9.17, 15) is 9.59 Å². The highest BCUT2D eigenvalue weighted by Gasteiger charge is 2.06. The molecule has 20 heavy (non-hydrogen) atoms. The van der Waals surface area contributed by atoms with Crippen LogP contribution in [0.2, 0.25) is 0 Å². The first-order chi connectivity index (χ1) is 9.60. The van der Waals surface area contributed by atoms with Crippen molar-refractivity contribution in [2.45, 2.75) is 6.92 Å². The van der Waals surface area contributed by atoms with E-state index in [2.05, 4.69) is 0 Å². The third-order valence-electron chi connectivity index (χ3n) is 2.58. The maximum atomic E-state index is 11.2. The summed E-state index contributed by atoms with van der Waals surface area (Å²) in [7, 11) is 1.51. The average Bonchev–Trinajstić information content (AvgIpc) is 2.42. The normalized spacial score (nSPS) is 11.1. The fourth-order valence-corrected chi connectivity index (χ4v) is 1.70. The fourth-order valence-electron chi connectivity index (χ4n) is 1.70. The van der Waals surface area contributed by atoms with E-state index >= 15 is 0 Å². The second-order valence-electron chi connectivity index (χ2n) is 4.18. The topological polar surface area (TPSA) is 65.7 Å². The highest BCUT2D eigenvalue weighted by Crippen LogP contribution is 2.26. The molecule has 0 saturated carbocycles. The van der Waals surface area contributed by atoms with Crippen LogP contribution in [0, 0.1) is 0 Å². The summed E-state index contributed by atoms with van der Waals surface area (Å²) >= 11 is 0. The summed E-state index contributed by atoms with van der Waals surface area (Å²) in [6.45, 7) is 1.52. The number of benzene rings is 1. The number of methoxy groups -OCH3 is 1. The number of ketones is 1. The van der Waals surface area contributed by atoms with Crippen LogP contribution < -0.4 is 10.4 Å². The van der Waals surface area contributed by atoms with Gasteiger partial charge in [0.1, 0.15) is 11.3 Å². The third kappa shape index (κ3) is 3.33. The van der Waals surface area contributed by atoms with Gasteiger partial charge >= 0.3 is 5.63 Å². The molecule has 0 aliphatic rings. The first-order valence-corrected chi connectivity index (χ1v) is 5.98. The monoisotopic (exact) mass is 274 g/mol. The summed E-state index contributed by atoms with van der Waals surface area (Å²) < 4.78 is 15.4. The van der Waals surface area contributed by atoms with E-state index in [0.29, 0.717) is 16.9 Å². The maximum Gasteiger partial charge on any atom is 0.336 e. The molecule has 2 aromatic rings.